The van der Waals surface area contributed by atoms with Gasteiger partial charge in [0, 0.05) is 18.8 Å². The van der Waals surface area contributed by atoms with Crippen LogP contribution in [0.25, 0.3) is 10.8 Å². The fourth-order valence-electron chi connectivity index (χ4n) is 3.32. The first kappa shape index (κ1) is 20.4. The van der Waals surface area contributed by atoms with E-state index < -0.39 is 5.91 Å². The molecule has 3 aromatic rings. The zero-order valence-corrected chi connectivity index (χ0v) is 16.9. The average molecular weight is 389 g/mol. The van der Waals surface area contributed by atoms with Gasteiger partial charge in [0.1, 0.15) is 5.75 Å². The van der Waals surface area contributed by atoms with Gasteiger partial charge in [-0.1, -0.05) is 50.2 Å². The molecule has 0 fully saturated rings. The lowest BCUT2D eigenvalue weighted by Gasteiger charge is -2.23. The van der Waals surface area contributed by atoms with E-state index in [0.29, 0.717) is 0 Å². The maximum Gasteiger partial charge on any atom is 0.275 e. The van der Waals surface area contributed by atoms with Gasteiger partial charge in [-0.15, -0.1) is 0 Å². The van der Waals surface area contributed by atoms with E-state index in [9.17, 15) is 9.90 Å². The molecule has 3 rings (SSSR count). The van der Waals surface area contributed by atoms with Crippen molar-refractivity contribution in [2.75, 3.05) is 18.0 Å². The monoisotopic (exact) mass is 389 g/mol. The second-order valence-corrected chi connectivity index (χ2v) is 6.99. The van der Waals surface area contributed by atoms with E-state index in [1.165, 1.54) is 5.69 Å². The molecule has 0 spiro atoms. The van der Waals surface area contributed by atoms with Gasteiger partial charge in [0.05, 0.1) is 11.8 Å². The van der Waals surface area contributed by atoms with Crippen molar-refractivity contribution in [1.29, 1.82) is 0 Å². The predicted molar refractivity (Wildman–Crippen MR) is 120 cm³/mol. The number of carbonyl (C=O) groups excluding carboxylic acids is 1. The number of fused-ring (bicyclic) bond motifs is 1. The Balaban J connectivity index is 1.66. The van der Waals surface area contributed by atoms with E-state index in [1.54, 1.807) is 18.3 Å². The van der Waals surface area contributed by atoms with Crippen molar-refractivity contribution in [3.05, 3.63) is 71.8 Å². The van der Waals surface area contributed by atoms with Crippen LogP contribution in [0.15, 0.2) is 65.8 Å². The summed E-state index contributed by atoms with van der Waals surface area (Å²) in [5, 5.41) is 16.0. The maximum atomic E-state index is 12.4. The number of hydrogen-bond acceptors (Lipinski definition) is 4. The van der Waals surface area contributed by atoms with Gasteiger partial charge in [-0.25, -0.2) is 5.43 Å². The smallest absolute Gasteiger partial charge is 0.275 e. The lowest BCUT2D eigenvalue weighted by atomic mass is 10.1. The standard InChI is InChI=1S/C24H27N3O2/c1-3-13-27(14-4-2)21-11-9-18(10-12-21)17-25-26-24(29)22-15-19-7-5-6-8-20(19)16-23(22)28/h5-12,15-17,28H,3-4,13-14H2,1-2H3,(H,26,29)/b25-17+. The molecule has 0 saturated heterocycles. The number of phenols is 1. The van der Waals surface area contributed by atoms with Crippen LogP contribution in [0.1, 0.15) is 42.6 Å². The van der Waals surface area contributed by atoms with Crippen LogP contribution in [0.2, 0.25) is 0 Å². The van der Waals surface area contributed by atoms with Gasteiger partial charge in [-0.2, -0.15) is 5.10 Å². The Labute approximate surface area is 171 Å². The maximum absolute atomic E-state index is 12.4. The molecule has 0 radical (unpaired) electrons. The summed E-state index contributed by atoms with van der Waals surface area (Å²) in [5.41, 5.74) is 4.77. The Bertz CT molecular complexity index is 991. The van der Waals surface area contributed by atoms with E-state index in [-0.39, 0.29) is 11.3 Å². The first-order valence-electron chi connectivity index (χ1n) is 10.0. The number of hydrogen-bond donors (Lipinski definition) is 2. The highest BCUT2D eigenvalue weighted by atomic mass is 16.3. The normalized spacial score (nSPS) is 11.1. The number of amides is 1. The molecule has 0 aromatic heterocycles. The van der Waals surface area contributed by atoms with Crippen LogP contribution in [0.4, 0.5) is 5.69 Å². The van der Waals surface area contributed by atoms with Gasteiger partial charge in [-0.3, -0.25) is 4.79 Å². The number of rotatable bonds is 8. The molecular weight excluding hydrogens is 362 g/mol. The molecule has 0 aliphatic rings. The second kappa shape index (κ2) is 9.73. The molecule has 0 aliphatic carbocycles. The fraction of sp³-hybridized carbons (Fsp3) is 0.250. The summed E-state index contributed by atoms with van der Waals surface area (Å²) in [7, 11) is 0. The minimum absolute atomic E-state index is 0.0623. The molecule has 0 atom stereocenters. The summed E-state index contributed by atoms with van der Waals surface area (Å²) in [4.78, 5) is 14.8. The SMILES string of the molecule is CCCN(CCC)c1ccc(/C=N/NC(=O)c2cc3ccccc3cc2O)cc1. The molecule has 2 N–H and O–H groups in total. The Morgan fingerprint density at radius 2 is 1.62 bits per heavy atom. The molecule has 1 amide bonds. The Morgan fingerprint density at radius 3 is 2.24 bits per heavy atom. The third-order valence-electron chi connectivity index (χ3n) is 4.73. The summed E-state index contributed by atoms with van der Waals surface area (Å²) in [6.45, 7) is 6.43. The number of benzene rings is 3. The van der Waals surface area contributed by atoms with Crippen molar-refractivity contribution < 1.29 is 9.90 Å². The predicted octanol–water partition coefficient (Wildman–Crippen LogP) is 4.94. The first-order chi connectivity index (χ1) is 14.1. The van der Waals surface area contributed by atoms with Crippen LogP contribution in [0.5, 0.6) is 5.75 Å². The lowest BCUT2D eigenvalue weighted by Crippen LogP contribution is -2.24. The van der Waals surface area contributed by atoms with Gasteiger partial charge in [-0.05, 0) is 53.4 Å². The number of phenolic OH excluding ortho intramolecular Hbond substituents is 1. The van der Waals surface area contributed by atoms with Crippen molar-refractivity contribution in [3.8, 4) is 5.75 Å². The molecule has 150 valence electrons. The van der Waals surface area contributed by atoms with E-state index in [0.717, 1.165) is 42.3 Å². The fourth-order valence-corrected chi connectivity index (χ4v) is 3.32. The van der Waals surface area contributed by atoms with E-state index in [4.69, 9.17) is 0 Å². The highest BCUT2D eigenvalue weighted by Gasteiger charge is 2.11. The molecule has 0 aliphatic heterocycles. The van der Waals surface area contributed by atoms with Gasteiger partial charge in [0.15, 0.2) is 0 Å². The summed E-state index contributed by atoms with van der Waals surface area (Å²) in [6.07, 6.45) is 3.82. The number of aromatic hydroxyl groups is 1. The minimum Gasteiger partial charge on any atom is -0.507 e. The molecule has 29 heavy (non-hydrogen) atoms. The third kappa shape index (κ3) is 5.13. The summed E-state index contributed by atoms with van der Waals surface area (Å²) in [5.74, 6) is -0.508. The van der Waals surface area contributed by atoms with Crippen LogP contribution < -0.4 is 10.3 Å². The molecule has 0 saturated carbocycles. The summed E-state index contributed by atoms with van der Waals surface area (Å²) >= 11 is 0. The van der Waals surface area contributed by atoms with Crippen molar-refractivity contribution in [1.82, 2.24) is 5.43 Å². The molecular formula is C24H27N3O2. The number of hydrazone groups is 1. The Hall–Kier alpha value is -3.34. The van der Waals surface area contributed by atoms with Crippen LogP contribution in [0, 0.1) is 0 Å². The highest BCUT2D eigenvalue weighted by Crippen LogP contribution is 2.24. The molecule has 0 unspecified atom stereocenters. The largest absolute Gasteiger partial charge is 0.507 e. The number of nitrogens with zero attached hydrogens (tertiary/aromatic N) is 2. The van der Waals surface area contributed by atoms with Gasteiger partial charge in [0.25, 0.3) is 5.91 Å². The van der Waals surface area contributed by atoms with Crippen LogP contribution in [-0.2, 0) is 0 Å². The van der Waals surface area contributed by atoms with E-state index >= 15 is 0 Å². The molecule has 0 bridgehead atoms. The third-order valence-corrected chi connectivity index (χ3v) is 4.73. The molecule has 3 aromatic carbocycles. The molecule has 0 heterocycles. The van der Waals surface area contributed by atoms with Crippen molar-refractivity contribution in [2.24, 2.45) is 5.10 Å². The summed E-state index contributed by atoms with van der Waals surface area (Å²) in [6, 6.07) is 18.9. The van der Waals surface area contributed by atoms with E-state index in [1.807, 2.05) is 36.4 Å². The quantitative estimate of drug-likeness (QED) is 0.424. The topological polar surface area (TPSA) is 64.9 Å². The van der Waals surface area contributed by atoms with Crippen LogP contribution >= 0.6 is 0 Å². The van der Waals surface area contributed by atoms with Crippen molar-refractivity contribution in [3.63, 3.8) is 0 Å². The van der Waals surface area contributed by atoms with Gasteiger partial charge >= 0.3 is 0 Å². The first-order valence-corrected chi connectivity index (χ1v) is 10.0. The molecule has 5 heteroatoms. The van der Waals surface area contributed by atoms with Gasteiger partial charge < -0.3 is 10.0 Å². The van der Waals surface area contributed by atoms with Gasteiger partial charge in [0.2, 0.25) is 0 Å². The molecule has 5 nitrogen and oxygen atoms in total. The zero-order valence-electron chi connectivity index (χ0n) is 16.9. The Kier molecular flexibility index (Phi) is 6.85. The minimum atomic E-state index is -0.446. The highest BCUT2D eigenvalue weighted by molar-refractivity contribution is 6.01. The zero-order chi connectivity index (χ0) is 20.6. The summed E-state index contributed by atoms with van der Waals surface area (Å²) < 4.78 is 0. The Morgan fingerprint density at radius 1 is 1.00 bits per heavy atom. The van der Waals surface area contributed by atoms with E-state index in [2.05, 4.69) is 41.4 Å². The average Bonchev–Trinajstić information content (AvgIpc) is 2.73. The lowest BCUT2D eigenvalue weighted by molar-refractivity contribution is 0.0952. The van der Waals surface area contributed by atoms with Crippen LogP contribution in [-0.4, -0.2) is 30.3 Å². The number of carbonyl (C=O) groups is 1. The second-order valence-electron chi connectivity index (χ2n) is 6.99. The number of nitrogens with one attached hydrogen (secondary N) is 1. The number of anilines is 1. The van der Waals surface area contributed by atoms with Crippen molar-refractivity contribution >= 4 is 28.6 Å². The van der Waals surface area contributed by atoms with Crippen molar-refractivity contribution in [2.45, 2.75) is 26.7 Å². The van der Waals surface area contributed by atoms with Crippen LogP contribution in [0.3, 0.4) is 0 Å².